The molecule has 0 unspecified atom stereocenters. The van der Waals surface area contributed by atoms with Crippen LogP contribution in [0.15, 0.2) is 30.3 Å². The van der Waals surface area contributed by atoms with Gasteiger partial charge in [0.15, 0.2) is 0 Å². The highest BCUT2D eigenvalue weighted by Gasteiger charge is 2.11. The van der Waals surface area contributed by atoms with Crippen LogP contribution in [-0.4, -0.2) is 4.99 Å². The van der Waals surface area contributed by atoms with Crippen molar-refractivity contribution in [3.8, 4) is 0 Å². The van der Waals surface area contributed by atoms with E-state index in [4.69, 9.17) is 41.2 Å². The van der Waals surface area contributed by atoms with E-state index in [9.17, 15) is 4.39 Å². The average Bonchev–Trinajstić information content (AvgIpc) is 2.40. The molecule has 0 saturated heterocycles. The molecule has 0 heterocycles. The van der Waals surface area contributed by atoms with Crippen LogP contribution in [-0.2, 0) is 0 Å². The SMILES string of the molecule is Cc1ccc(Cl)c(Nc2ccc(C(N)=S)cc2F)c1Cl. The minimum absolute atomic E-state index is 0.141. The van der Waals surface area contributed by atoms with Gasteiger partial charge >= 0.3 is 0 Å². The molecule has 0 radical (unpaired) electrons. The zero-order chi connectivity index (χ0) is 14.9. The predicted octanol–water partition coefficient (Wildman–Crippen LogP) is 4.82. The fraction of sp³-hybridized carbons (Fsp3) is 0.0714. The van der Waals surface area contributed by atoms with Gasteiger partial charge < -0.3 is 11.1 Å². The van der Waals surface area contributed by atoms with Gasteiger partial charge in [-0.2, -0.15) is 0 Å². The van der Waals surface area contributed by atoms with Gasteiger partial charge in [0.2, 0.25) is 0 Å². The van der Waals surface area contributed by atoms with E-state index in [2.05, 4.69) is 5.32 Å². The van der Waals surface area contributed by atoms with Gasteiger partial charge in [-0.05, 0) is 36.8 Å². The maximum absolute atomic E-state index is 14.0. The van der Waals surface area contributed by atoms with Gasteiger partial charge in [-0.1, -0.05) is 41.5 Å². The van der Waals surface area contributed by atoms with Crippen molar-refractivity contribution in [1.82, 2.24) is 0 Å². The first-order valence-electron chi connectivity index (χ1n) is 5.71. The van der Waals surface area contributed by atoms with Crippen LogP contribution in [0.25, 0.3) is 0 Å². The molecule has 0 aromatic heterocycles. The molecule has 2 aromatic rings. The van der Waals surface area contributed by atoms with Gasteiger partial charge in [0.05, 0.1) is 21.4 Å². The van der Waals surface area contributed by atoms with E-state index in [1.807, 2.05) is 6.92 Å². The first-order valence-corrected chi connectivity index (χ1v) is 6.87. The van der Waals surface area contributed by atoms with Crippen molar-refractivity contribution in [2.45, 2.75) is 6.92 Å². The standard InChI is InChI=1S/C14H11Cl2FN2S/c1-7-2-4-9(15)13(12(7)16)19-11-5-3-8(14(18)20)6-10(11)17/h2-6,19H,1H3,(H2,18,20). The summed E-state index contributed by atoms with van der Waals surface area (Å²) in [6.07, 6.45) is 0. The van der Waals surface area contributed by atoms with Crippen molar-refractivity contribution in [2.75, 3.05) is 5.32 Å². The number of rotatable bonds is 3. The molecule has 0 spiro atoms. The Morgan fingerprint density at radius 1 is 1.25 bits per heavy atom. The molecular formula is C14H11Cl2FN2S. The molecule has 0 saturated carbocycles. The summed E-state index contributed by atoms with van der Waals surface area (Å²) in [5.74, 6) is -0.482. The van der Waals surface area contributed by atoms with Crippen molar-refractivity contribution < 1.29 is 4.39 Å². The summed E-state index contributed by atoms with van der Waals surface area (Å²) >= 11 is 17.0. The third kappa shape index (κ3) is 3.03. The van der Waals surface area contributed by atoms with E-state index in [0.29, 0.717) is 21.3 Å². The lowest BCUT2D eigenvalue weighted by atomic mass is 10.1. The van der Waals surface area contributed by atoms with Crippen LogP contribution in [0.2, 0.25) is 10.0 Å². The largest absolute Gasteiger partial charge is 0.389 e. The first kappa shape index (κ1) is 15.0. The predicted molar refractivity (Wildman–Crippen MR) is 86.8 cm³/mol. The molecule has 2 nitrogen and oxygen atoms in total. The highest BCUT2D eigenvalue weighted by atomic mass is 35.5. The van der Waals surface area contributed by atoms with Crippen LogP contribution in [0.5, 0.6) is 0 Å². The third-order valence-corrected chi connectivity index (χ3v) is 3.84. The quantitative estimate of drug-likeness (QED) is 0.793. The molecule has 0 fully saturated rings. The molecule has 104 valence electrons. The Kier molecular flexibility index (Phi) is 4.48. The summed E-state index contributed by atoms with van der Waals surface area (Å²) in [4.78, 5) is 0.141. The summed E-state index contributed by atoms with van der Waals surface area (Å²) in [7, 11) is 0. The van der Waals surface area contributed by atoms with Crippen LogP contribution in [0.4, 0.5) is 15.8 Å². The normalized spacial score (nSPS) is 10.4. The number of nitrogens with one attached hydrogen (secondary N) is 1. The second-order valence-electron chi connectivity index (χ2n) is 4.24. The van der Waals surface area contributed by atoms with Gasteiger partial charge in [-0.3, -0.25) is 0 Å². The lowest BCUT2D eigenvalue weighted by molar-refractivity contribution is 0.631. The minimum Gasteiger partial charge on any atom is -0.389 e. The maximum atomic E-state index is 14.0. The number of nitrogens with two attached hydrogens (primary N) is 1. The second kappa shape index (κ2) is 5.95. The van der Waals surface area contributed by atoms with E-state index in [-0.39, 0.29) is 10.7 Å². The van der Waals surface area contributed by atoms with Crippen LogP contribution in [0, 0.1) is 12.7 Å². The Morgan fingerprint density at radius 2 is 1.95 bits per heavy atom. The maximum Gasteiger partial charge on any atom is 0.147 e. The summed E-state index contributed by atoms with van der Waals surface area (Å²) in [6, 6.07) is 7.93. The molecule has 20 heavy (non-hydrogen) atoms. The number of thiocarbonyl (C=S) groups is 1. The van der Waals surface area contributed by atoms with Crippen molar-refractivity contribution >= 4 is 51.8 Å². The molecule has 3 N–H and O–H groups in total. The number of anilines is 2. The van der Waals surface area contributed by atoms with Gasteiger partial charge in [0.25, 0.3) is 0 Å². The van der Waals surface area contributed by atoms with E-state index in [0.717, 1.165) is 5.56 Å². The van der Waals surface area contributed by atoms with E-state index in [1.165, 1.54) is 6.07 Å². The van der Waals surface area contributed by atoms with Crippen molar-refractivity contribution in [3.63, 3.8) is 0 Å². The summed E-state index contributed by atoms with van der Waals surface area (Å²) in [5, 5.41) is 3.76. The number of halogens is 3. The lowest BCUT2D eigenvalue weighted by Crippen LogP contribution is -2.10. The van der Waals surface area contributed by atoms with E-state index in [1.54, 1.807) is 24.3 Å². The highest BCUT2D eigenvalue weighted by molar-refractivity contribution is 7.80. The fourth-order valence-corrected chi connectivity index (χ4v) is 2.27. The van der Waals surface area contributed by atoms with Crippen LogP contribution >= 0.6 is 35.4 Å². The second-order valence-corrected chi connectivity index (χ2v) is 5.46. The van der Waals surface area contributed by atoms with Gasteiger partial charge in [-0.15, -0.1) is 0 Å². The topological polar surface area (TPSA) is 38.0 Å². The molecule has 2 rings (SSSR count). The molecule has 0 aliphatic carbocycles. The highest BCUT2D eigenvalue weighted by Crippen LogP contribution is 2.35. The smallest absolute Gasteiger partial charge is 0.147 e. The Balaban J connectivity index is 2.41. The molecule has 0 bridgehead atoms. The minimum atomic E-state index is -0.482. The van der Waals surface area contributed by atoms with E-state index >= 15 is 0 Å². The van der Waals surface area contributed by atoms with Gasteiger partial charge in [0, 0.05) is 5.56 Å². The molecule has 0 amide bonds. The van der Waals surface area contributed by atoms with Crippen molar-refractivity contribution in [2.24, 2.45) is 5.73 Å². The van der Waals surface area contributed by atoms with Crippen LogP contribution in [0.1, 0.15) is 11.1 Å². The van der Waals surface area contributed by atoms with Gasteiger partial charge in [0.1, 0.15) is 10.8 Å². The third-order valence-electron chi connectivity index (χ3n) is 2.80. The Hall–Kier alpha value is -1.36. The zero-order valence-electron chi connectivity index (χ0n) is 10.5. The monoisotopic (exact) mass is 328 g/mol. The Morgan fingerprint density at radius 3 is 2.55 bits per heavy atom. The summed E-state index contributed by atoms with van der Waals surface area (Å²) < 4.78 is 14.0. The van der Waals surface area contributed by atoms with Crippen LogP contribution in [0.3, 0.4) is 0 Å². The summed E-state index contributed by atoms with van der Waals surface area (Å²) in [6.45, 7) is 1.84. The van der Waals surface area contributed by atoms with Crippen LogP contribution < -0.4 is 11.1 Å². The van der Waals surface area contributed by atoms with E-state index < -0.39 is 5.82 Å². The molecule has 6 heteroatoms. The number of benzene rings is 2. The number of hydrogen-bond acceptors (Lipinski definition) is 2. The zero-order valence-corrected chi connectivity index (χ0v) is 12.8. The average molecular weight is 329 g/mol. The van der Waals surface area contributed by atoms with Crippen molar-refractivity contribution in [1.29, 1.82) is 0 Å². The fourth-order valence-electron chi connectivity index (χ4n) is 1.68. The van der Waals surface area contributed by atoms with Crippen molar-refractivity contribution in [3.05, 3.63) is 57.3 Å². The Labute approximate surface area is 131 Å². The molecular weight excluding hydrogens is 318 g/mol. The molecule has 0 aliphatic rings. The molecule has 2 aromatic carbocycles. The lowest BCUT2D eigenvalue weighted by Gasteiger charge is -2.13. The summed E-state index contributed by atoms with van der Waals surface area (Å²) in [5.41, 5.74) is 7.48. The number of hydrogen-bond donors (Lipinski definition) is 2. The number of aryl methyl sites for hydroxylation is 1. The Bertz CT molecular complexity index is 689. The molecule has 0 atom stereocenters. The van der Waals surface area contributed by atoms with Gasteiger partial charge in [-0.25, -0.2) is 4.39 Å². The first-order chi connectivity index (χ1) is 9.40. The molecule has 0 aliphatic heterocycles.